The van der Waals surface area contributed by atoms with Gasteiger partial charge in [0.1, 0.15) is 0 Å². The zero-order chi connectivity index (χ0) is 13.8. The fraction of sp³-hybridized carbons (Fsp3) is 0.125. The van der Waals surface area contributed by atoms with E-state index in [1.807, 2.05) is 19.0 Å². The van der Waals surface area contributed by atoms with E-state index in [0.29, 0.717) is 0 Å². The van der Waals surface area contributed by atoms with Gasteiger partial charge in [0.15, 0.2) is 11.7 Å². The van der Waals surface area contributed by atoms with E-state index in [1.165, 1.54) is 0 Å². The first-order chi connectivity index (χ1) is 9.09. The van der Waals surface area contributed by atoms with Crippen LogP contribution in [0.1, 0.15) is 11.1 Å². The standard InChI is InChI=1S/C16H15F2N/c1-19(2)14-10-8-13(9-11-14)16(18)15(17)12-6-4-3-5-7-12/h3-11H,1-2H3/b16-15+. The van der Waals surface area contributed by atoms with Gasteiger partial charge in [-0.05, 0) is 24.3 Å². The predicted molar refractivity (Wildman–Crippen MR) is 76.2 cm³/mol. The molecule has 0 amide bonds. The molecule has 19 heavy (non-hydrogen) atoms. The van der Waals surface area contributed by atoms with E-state index in [9.17, 15) is 8.78 Å². The topological polar surface area (TPSA) is 3.24 Å². The molecular weight excluding hydrogens is 244 g/mol. The Balaban J connectivity index is 2.35. The van der Waals surface area contributed by atoms with Crippen molar-refractivity contribution in [3.8, 4) is 0 Å². The molecule has 0 aliphatic carbocycles. The van der Waals surface area contributed by atoms with Crippen LogP contribution in [0, 0.1) is 0 Å². The minimum Gasteiger partial charge on any atom is -0.378 e. The maximum absolute atomic E-state index is 14.0. The summed E-state index contributed by atoms with van der Waals surface area (Å²) in [5, 5.41) is 0. The van der Waals surface area contributed by atoms with Gasteiger partial charge in [-0.1, -0.05) is 30.3 Å². The number of nitrogens with zero attached hydrogens (tertiary/aromatic N) is 1. The van der Waals surface area contributed by atoms with Crippen LogP contribution in [0.5, 0.6) is 0 Å². The fourth-order valence-electron chi connectivity index (χ4n) is 1.74. The Morgan fingerprint density at radius 2 is 1.21 bits per heavy atom. The highest BCUT2D eigenvalue weighted by molar-refractivity contribution is 5.83. The molecule has 0 radical (unpaired) electrons. The first-order valence-electron chi connectivity index (χ1n) is 5.98. The Labute approximate surface area is 111 Å². The Morgan fingerprint density at radius 1 is 0.737 bits per heavy atom. The monoisotopic (exact) mass is 259 g/mol. The van der Waals surface area contributed by atoms with Gasteiger partial charge < -0.3 is 4.90 Å². The van der Waals surface area contributed by atoms with Crippen molar-refractivity contribution in [1.82, 2.24) is 0 Å². The first-order valence-corrected chi connectivity index (χ1v) is 5.98. The molecule has 0 unspecified atom stereocenters. The maximum atomic E-state index is 14.0. The highest BCUT2D eigenvalue weighted by atomic mass is 19.2. The van der Waals surface area contributed by atoms with Gasteiger partial charge in [-0.2, -0.15) is 0 Å². The lowest BCUT2D eigenvalue weighted by Crippen LogP contribution is -2.08. The quantitative estimate of drug-likeness (QED) is 0.733. The lowest BCUT2D eigenvalue weighted by atomic mass is 10.1. The molecular formula is C16H15F2N. The molecule has 0 spiro atoms. The third-order valence-corrected chi connectivity index (χ3v) is 2.86. The molecule has 2 aromatic carbocycles. The highest BCUT2D eigenvalue weighted by Gasteiger charge is 2.11. The van der Waals surface area contributed by atoms with Crippen molar-refractivity contribution in [2.75, 3.05) is 19.0 Å². The molecule has 98 valence electrons. The number of halogens is 2. The van der Waals surface area contributed by atoms with Crippen molar-refractivity contribution in [1.29, 1.82) is 0 Å². The van der Waals surface area contributed by atoms with Crippen molar-refractivity contribution in [3.63, 3.8) is 0 Å². The average molecular weight is 259 g/mol. The van der Waals surface area contributed by atoms with Crippen molar-refractivity contribution in [2.45, 2.75) is 0 Å². The molecule has 2 rings (SSSR count). The predicted octanol–water partition coefficient (Wildman–Crippen LogP) is 4.52. The Morgan fingerprint density at radius 3 is 1.68 bits per heavy atom. The van der Waals surface area contributed by atoms with E-state index < -0.39 is 11.7 Å². The van der Waals surface area contributed by atoms with Gasteiger partial charge in [0.25, 0.3) is 0 Å². The molecule has 0 saturated carbocycles. The van der Waals surface area contributed by atoms with Crippen LogP contribution in [-0.4, -0.2) is 14.1 Å². The number of rotatable bonds is 3. The maximum Gasteiger partial charge on any atom is 0.166 e. The minimum absolute atomic E-state index is 0.243. The fourth-order valence-corrected chi connectivity index (χ4v) is 1.74. The van der Waals surface area contributed by atoms with Crippen LogP contribution in [0.15, 0.2) is 54.6 Å². The zero-order valence-corrected chi connectivity index (χ0v) is 10.9. The third kappa shape index (κ3) is 2.99. The summed E-state index contributed by atoms with van der Waals surface area (Å²) < 4.78 is 28.0. The van der Waals surface area contributed by atoms with Gasteiger partial charge in [-0.3, -0.25) is 0 Å². The molecule has 0 atom stereocenters. The minimum atomic E-state index is -0.837. The number of hydrogen-bond acceptors (Lipinski definition) is 1. The van der Waals surface area contributed by atoms with Gasteiger partial charge in [0, 0.05) is 30.9 Å². The SMILES string of the molecule is CN(C)c1ccc(/C(F)=C(\F)c2ccccc2)cc1. The van der Waals surface area contributed by atoms with E-state index in [-0.39, 0.29) is 11.1 Å². The van der Waals surface area contributed by atoms with E-state index in [0.717, 1.165) is 5.69 Å². The molecule has 0 saturated heterocycles. The Hall–Kier alpha value is -2.16. The van der Waals surface area contributed by atoms with Crippen molar-refractivity contribution in [3.05, 3.63) is 65.7 Å². The molecule has 0 aliphatic heterocycles. The van der Waals surface area contributed by atoms with E-state index in [2.05, 4.69) is 0 Å². The molecule has 0 N–H and O–H groups in total. The molecule has 2 aromatic rings. The molecule has 0 fully saturated rings. The van der Waals surface area contributed by atoms with E-state index >= 15 is 0 Å². The number of anilines is 1. The highest BCUT2D eigenvalue weighted by Crippen LogP contribution is 2.29. The van der Waals surface area contributed by atoms with Crippen LogP contribution in [0.2, 0.25) is 0 Å². The van der Waals surface area contributed by atoms with Crippen LogP contribution in [0.3, 0.4) is 0 Å². The summed E-state index contributed by atoms with van der Waals surface area (Å²) in [5.41, 5.74) is 1.43. The molecule has 0 aliphatic rings. The third-order valence-electron chi connectivity index (χ3n) is 2.86. The second-order valence-electron chi connectivity index (χ2n) is 4.44. The summed E-state index contributed by atoms with van der Waals surface area (Å²) in [6.45, 7) is 0. The largest absolute Gasteiger partial charge is 0.378 e. The summed E-state index contributed by atoms with van der Waals surface area (Å²) >= 11 is 0. The average Bonchev–Trinajstić information content (AvgIpc) is 2.46. The second-order valence-corrected chi connectivity index (χ2v) is 4.44. The number of benzene rings is 2. The Bertz CT molecular complexity index is 571. The smallest absolute Gasteiger partial charge is 0.166 e. The van der Waals surface area contributed by atoms with Crippen molar-refractivity contribution in [2.24, 2.45) is 0 Å². The molecule has 3 heteroatoms. The number of hydrogen-bond donors (Lipinski definition) is 0. The van der Waals surface area contributed by atoms with Crippen LogP contribution in [-0.2, 0) is 0 Å². The van der Waals surface area contributed by atoms with Gasteiger partial charge in [0.05, 0.1) is 0 Å². The van der Waals surface area contributed by atoms with Crippen LogP contribution >= 0.6 is 0 Å². The Kier molecular flexibility index (Phi) is 3.95. The van der Waals surface area contributed by atoms with Gasteiger partial charge >= 0.3 is 0 Å². The second kappa shape index (κ2) is 5.65. The molecule has 0 heterocycles. The normalized spacial score (nSPS) is 12.0. The van der Waals surface area contributed by atoms with Crippen LogP contribution in [0.4, 0.5) is 14.5 Å². The lowest BCUT2D eigenvalue weighted by molar-refractivity contribution is 0.700. The summed E-state index contributed by atoms with van der Waals surface area (Å²) in [6.07, 6.45) is 0. The molecule has 0 bridgehead atoms. The summed E-state index contributed by atoms with van der Waals surface area (Å²) in [7, 11) is 3.79. The first kappa shape index (κ1) is 13.3. The zero-order valence-electron chi connectivity index (χ0n) is 10.9. The summed E-state index contributed by atoms with van der Waals surface area (Å²) in [6, 6.07) is 14.9. The summed E-state index contributed by atoms with van der Waals surface area (Å²) in [5.74, 6) is -1.67. The lowest BCUT2D eigenvalue weighted by Gasteiger charge is -2.12. The molecule has 0 aromatic heterocycles. The molecule has 1 nitrogen and oxygen atoms in total. The summed E-state index contributed by atoms with van der Waals surface area (Å²) in [4.78, 5) is 1.90. The van der Waals surface area contributed by atoms with Gasteiger partial charge in [-0.15, -0.1) is 0 Å². The van der Waals surface area contributed by atoms with Crippen molar-refractivity contribution >= 4 is 17.3 Å². The van der Waals surface area contributed by atoms with Crippen LogP contribution in [0.25, 0.3) is 11.7 Å². The van der Waals surface area contributed by atoms with E-state index in [1.54, 1.807) is 54.6 Å². The van der Waals surface area contributed by atoms with Gasteiger partial charge in [-0.25, -0.2) is 8.78 Å². The van der Waals surface area contributed by atoms with Gasteiger partial charge in [0.2, 0.25) is 0 Å². The van der Waals surface area contributed by atoms with Crippen LogP contribution < -0.4 is 4.90 Å². The van der Waals surface area contributed by atoms with E-state index in [4.69, 9.17) is 0 Å². The van der Waals surface area contributed by atoms with Crippen molar-refractivity contribution < 1.29 is 8.78 Å².